The van der Waals surface area contributed by atoms with Crippen LogP contribution in [0, 0.1) is 0 Å². The first kappa shape index (κ1) is 15.9. The van der Waals surface area contributed by atoms with Crippen LogP contribution in [-0.4, -0.2) is 17.1 Å². The van der Waals surface area contributed by atoms with E-state index in [0.717, 1.165) is 28.6 Å². The minimum atomic E-state index is 0. The smallest absolute Gasteiger partial charge is 0.222 e. The van der Waals surface area contributed by atoms with Gasteiger partial charge in [-0.15, -0.1) is 12.4 Å². The largest absolute Gasteiger partial charge is 0.497 e. The number of nitrogen functional groups attached to an aromatic ring is 2. The number of nitrogens with two attached hydrogens (primary N) is 2. The van der Waals surface area contributed by atoms with Crippen LogP contribution >= 0.6 is 12.4 Å². The molecular weight excluding hydrogens is 300 g/mol. The highest BCUT2D eigenvalue weighted by Gasteiger charge is 2.09. The molecule has 0 atom stereocenters. The molecule has 1 heterocycles. The van der Waals surface area contributed by atoms with Gasteiger partial charge in [0.05, 0.1) is 12.6 Å². The minimum absolute atomic E-state index is 0. The molecule has 0 aliphatic rings. The van der Waals surface area contributed by atoms with Gasteiger partial charge in [-0.25, -0.2) is 4.98 Å². The summed E-state index contributed by atoms with van der Waals surface area (Å²) in [6.07, 6.45) is 0.749. The van der Waals surface area contributed by atoms with Crippen molar-refractivity contribution in [1.29, 1.82) is 0 Å². The highest BCUT2D eigenvalue weighted by Crippen LogP contribution is 2.25. The van der Waals surface area contributed by atoms with Crippen molar-refractivity contribution in [2.24, 2.45) is 0 Å². The third-order valence-corrected chi connectivity index (χ3v) is 3.41. The summed E-state index contributed by atoms with van der Waals surface area (Å²) in [6.45, 7) is 0. The molecule has 0 amide bonds. The first-order valence-electron chi connectivity index (χ1n) is 6.61. The number of nitrogens with zero attached hydrogens (tertiary/aromatic N) is 2. The van der Waals surface area contributed by atoms with E-state index in [1.807, 2.05) is 42.5 Å². The van der Waals surface area contributed by atoms with Gasteiger partial charge in [-0.2, -0.15) is 4.98 Å². The van der Waals surface area contributed by atoms with Gasteiger partial charge >= 0.3 is 0 Å². The highest BCUT2D eigenvalue weighted by molar-refractivity contribution is 5.92. The van der Waals surface area contributed by atoms with Gasteiger partial charge in [0.1, 0.15) is 11.6 Å². The van der Waals surface area contributed by atoms with E-state index in [9.17, 15) is 0 Å². The molecule has 0 fully saturated rings. The average molecular weight is 317 g/mol. The van der Waals surface area contributed by atoms with Crippen molar-refractivity contribution in [3.8, 4) is 5.75 Å². The van der Waals surface area contributed by atoms with Gasteiger partial charge in [0.2, 0.25) is 5.95 Å². The molecule has 22 heavy (non-hydrogen) atoms. The van der Waals surface area contributed by atoms with Crippen molar-refractivity contribution >= 4 is 35.1 Å². The van der Waals surface area contributed by atoms with Gasteiger partial charge in [-0.3, -0.25) is 0 Å². The number of hydrogen-bond donors (Lipinski definition) is 2. The molecule has 3 aromatic rings. The van der Waals surface area contributed by atoms with Crippen LogP contribution in [0.2, 0.25) is 0 Å². The number of benzene rings is 2. The predicted octanol–water partition coefficient (Wildman–Crippen LogP) is 2.82. The zero-order valence-corrected chi connectivity index (χ0v) is 12.9. The number of halogens is 1. The van der Waals surface area contributed by atoms with Crippen molar-refractivity contribution < 1.29 is 4.74 Å². The van der Waals surface area contributed by atoms with Gasteiger partial charge in [-0.1, -0.05) is 24.3 Å². The Balaban J connectivity index is 0.00000176. The van der Waals surface area contributed by atoms with Crippen LogP contribution in [-0.2, 0) is 6.42 Å². The second-order valence-corrected chi connectivity index (χ2v) is 4.80. The standard InChI is InChI=1S/C16H16N4O.ClH/c1-21-12-7-5-10(6-8-12)9-11-3-2-4-13-14(11)15(17)20-16(18)19-13;/h2-8H,9H2,1H3,(H4,17,18,19,20);1H. The molecule has 0 aliphatic carbocycles. The molecule has 0 unspecified atom stereocenters. The zero-order valence-electron chi connectivity index (χ0n) is 12.1. The molecular formula is C16H17ClN4O. The molecule has 0 aliphatic heterocycles. The van der Waals surface area contributed by atoms with Crippen LogP contribution in [0.4, 0.5) is 11.8 Å². The van der Waals surface area contributed by atoms with Crippen molar-refractivity contribution in [1.82, 2.24) is 9.97 Å². The lowest BCUT2D eigenvalue weighted by molar-refractivity contribution is 0.414. The van der Waals surface area contributed by atoms with E-state index in [1.54, 1.807) is 7.11 Å². The summed E-state index contributed by atoms with van der Waals surface area (Å²) in [4.78, 5) is 8.29. The maximum absolute atomic E-state index is 6.01. The first-order valence-corrected chi connectivity index (χ1v) is 6.61. The Hall–Kier alpha value is -2.53. The van der Waals surface area contributed by atoms with Crippen molar-refractivity contribution in [2.45, 2.75) is 6.42 Å². The molecule has 3 rings (SSSR count). The van der Waals surface area contributed by atoms with E-state index in [0.29, 0.717) is 5.82 Å². The van der Waals surface area contributed by atoms with Crippen LogP contribution in [0.15, 0.2) is 42.5 Å². The van der Waals surface area contributed by atoms with E-state index in [-0.39, 0.29) is 18.4 Å². The van der Waals surface area contributed by atoms with Gasteiger partial charge in [0, 0.05) is 5.39 Å². The summed E-state index contributed by atoms with van der Waals surface area (Å²) in [5.41, 5.74) is 14.7. The Morgan fingerprint density at radius 2 is 1.73 bits per heavy atom. The second-order valence-electron chi connectivity index (χ2n) is 4.80. The SMILES string of the molecule is COc1ccc(Cc2cccc3nc(N)nc(N)c23)cc1.Cl. The quantitative estimate of drug-likeness (QED) is 0.776. The van der Waals surface area contributed by atoms with E-state index >= 15 is 0 Å². The lowest BCUT2D eigenvalue weighted by Crippen LogP contribution is -2.02. The summed E-state index contributed by atoms with van der Waals surface area (Å²) in [5, 5.41) is 0.863. The van der Waals surface area contributed by atoms with Gasteiger partial charge < -0.3 is 16.2 Å². The summed E-state index contributed by atoms with van der Waals surface area (Å²) in [6, 6.07) is 13.8. The molecule has 0 spiro atoms. The van der Waals surface area contributed by atoms with Crippen molar-refractivity contribution in [2.75, 3.05) is 18.6 Å². The molecule has 0 radical (unpaired) electrons. The van der Waals surface area contributed by atoms with Crippen molar-refractivity contribution in [3.05, 3.63) is 53.6 Å². The number of methoxy groups -OCH3 is 1. The topological polar surface area (TPSA) is 87.0 Å². The fraction of sp³-hybridized carbons (Fsp3) is 0.125. The third kappa shape index (κ3) is 3.04. The number of fused-ring (bicyclic) bond motifs is 1. The van der Waals surface area contributed by atoms with E-state index in [1.165, 1.54) is 5.56 Å². The lowest BCUT2D eigenvalue weighted by atomic mass is 10.0. The maximum atomic E-state index is 6.01. The van der Waals surface area contributed by atoms with Gasteiger partial charge in [0.15, 0.2) is 0 Å². The average Bonchev–Trinajstić information content (AvgIpc) is 2.47. The molecule has 2 aromatic carbocycles. The molecule has 0 bridgehead atoms. The van der Waals surface area contributed by atoms with E-state index in [4.69, 9.17) is 16.2 Å². The Morgan fingerprint density at radius 1 is 1.00 bits per heavy atom. The van der Waals surface area contributed by atoms with Crippen molar-refractivity contribution in [3.63, 3.8) is 0 Å². The number of anilines is 2. The minimum Gasteiger partial charge on any atom is -0.497 e. The van der Waals surface area contributed by atoms with Gasteiger partial charge in [0.25, 0.3) is 0 Å². The fourth-order valence-electron chi connectivity index (χ4n) is 2.41. The molecule has 1 aromatic heterocycles. The molecule has 0 saturated heterocycles. The monoisotopic (exact) mass is 316 g/mol. The molecule has 0 saturated carbocycles. The first-order chi connectivity index (χ1) is 10.2. The normalized spacial score (nSPS) is 10.2. The molecule has 5 nitrogen and oxygen atoms in total. The summed E-state index contributed by atoms with van der Waals surface area (Å²) >= 11 is 0. The van der Waals surface area contributed by atoms with E-state index in [2.05, 4.69) is 9.97 Å². The second kappa shape index (κ2) is 6.49. The van der Waals surface area contributed by atoms with E-state index < -0.39 is 0 Å². The Morgan fingerprint density at radius 3 is 2.41 bits per heavy atom. The Bertz CT molecular complexity index is 790. The number of rotatable bonds is 3. The maximum Gasteiger partial charge on any atom is 0.222 e. The van der Waals surface area contributed by atoms with Crippen LogP contribution in [0.1, 0.15) is 11.1 Å². The lowest BCUT2D eigenvalue weighted by Gasteiger charge is -2.09. The molecule has 6 heteroatoms. The molecule has 4 N–H and O–H groups in total. The molecule has 114 valence electrons. The number of ether oxygens (including phenoxy) is 1. The van der Waals surface area contributed by atoms with Gasteiger partial charge in [-0.05, 0) is 35.7 Å². The third-order valence-electron chi connectivity index (χ3n) is 3.41. The summed E-state index contributed by atoms with van der Waals surface area (Å²) in [7, 11) is 1.65. The van der Waals surface area contributed by atoms with Crippen LogP contribution in [0.25, 0.3) is 10.9 Å². The van der Waals surface area contributed by atoms with Crippen LogP contribution < -0.4 is 16.2 Å². The number of hydrogen-bond acceptors (Lipinski definition) is 5. The highest BCUT2D eigenvalue weighted by atomic mass is 35.5. The predicted molar refractivity (Wildman–Crippen MR) is 91.4 cm³/mol. The number of aromatic nitrogens is 2. The Kier molecular flexibility index (Phi) is 4.68. The summed E-state index contributed by atoms with van der Waals surface area (Å²) in [5.74, 6) is 1.45. The van der Waals surface area contributed by atoms with Crippen LogP contribution in [0.3, 0.4) is 0 Å². The fourth-order valence-corrected chi connectivity index (χ4v) is 2.41. The van der Waals surface area contributed by atoms with Crippen LogP contribution in [0.5, 0.6) is 5.75 Å². The Labute approximate surface area is 134 Å². The zero-order chi connectivity index (χ0) is 14.8. The summed E-state index contributed by atoms with van der Waals surface area (Å²) < 4.78 is 5.17.